The van der Waals surface area contributed by atoms with Crippen LogP contribution in [0.25, 0.3) is 0 Å². The molecule has 2 amide bonds. The van der Waals surface area contributed by atoms with Gasteiger partial charge in [-0.1, -0.05) is 49.4 Å². The number of methoxy groups -OCH3 is 1. The smallest absolute Gasteiger partial charge is 0.268 e. The molecule has 9 heteroatoms. The number of aliphatic hydroxyl groups is 1. The van der Waals surface area contributed by atoms with Crippen molar-refractivity contribution in [2.24, 2.45) is 5.92 Å². The first kappa shape index (κ1) is 28.6. The molecule has 3 heterocycles. The van der Waals surface area contributed by atoms with E-state index in [-0.39, 0.29) is 30.9 Å². The van der Waals surface area contributed by atoms with Gasteiger partial charge in [0.1, 0.15) is 5.75 Å². The van der Waals surface area contributed by atoms with E-state index in [9.17, 15) is 14.7 Å². The minimum absolute atomic E-state index is 0.0757. The van der Waals surface area contributed by atoms with Gasteiger partial charge >= 0.3 is 0 Å². The van der Waals surface area contributed by atoms with Crippen LogP contribution in [0.1, 0.15) is 30.0 Å². The summed E-state index contributed by atoms with van der Waals surface area (Å²) in [4.78, 5) is 31.8. The molecule has 5 atom stereocenters. The van der Waals surface area contributed by atoms with Crippen LogP contribution in [-0.4, -0.2) is 56.1 Å². The summed E-state index contributed by atoms with van der Waals surface area (Å²) in [6.45, 7) is 5.34. The van der Waals surface area contributed by atoms with Gasteiger partial charge in [0.2, 0.25) is 14.3 Å². The van der Waals surface area contributed by atoms with Crippen molar-refractivity contribution in [1.29, 1.82) is 0 Å². The average molecular weight is 589 g/mol. The first-order chi connectivity index (χ1) is 20.1. The third kappa shape index (κ3) is 4.46. The average Bonchev–Trinajstić information content (AvgIpc) is 3.42. The van der Waals surface area contributed by atoms with Crippen LogP contribution >= 0.6 is 0 Å². The molecule has 1 N–H and O–H groups in total. The topological polar surface area (TPSA) is 79.3 Å². The summed E-state index contributed by atoms with van der Waals surface area (Å²) in [7, 11) is -1.90. The van der Waals surface area contributed by atoms with Gasteiger partial charge in [-0.2, -0.15) is 0 Å². The molecule has 6 rings (SSSR count). The number of anilines is 2. The van der Waals surface area contributed by atoms with Crippen molar-refractivity contribution >= 4 is 31.6 Å². The van der Waals surface area contributed by atoms with E-state index in [0.717, 1.165) is 11.1 Å². The van der Waals surface area contributed by atoms with Crippen LogP contribution in [-0.2, 0) is 32.9 Å². The molecule has 0 aromatic heterocycles. The van der Waals surface area contributed by atoms with Crippen LogP contribution < -0.4 is 9.64 Å². The monoisotopic (exact) mass is 588 g/mol. The lowest BCUT2D eigenvalue weighted by Crippen LogP contribution is -2.48. The molecule has 0 radical (unpaired) electrons. The first-order valence-electron chi connectivity index (χ1n) is 14.5. The first-order valence-corrected chi connectivity index (χ1v) is 17.5. The highest BCUT2D eigenvalue weighted by atomic mass is 28.4. The Morgan fingerprint density at radius 3 is 2.45 bits per heavy atom. The minimum Gasteiger partial charge on any atom is -0.497 e. The molecule has 3 aromatic rings. The Balaban J connectivity index is 1.40. The van der Waals surface area contributed by atoms with E-state index in [1.54, 1.807) is 36.1 Å². The van der Waals surface area contributed by atoms with Crippen molar-refractivity contribution in [2.75, 3.05) is 18.6 Å². The second-order valence-corrected chi connectivity index (χ2v) is 16.0. The molecule has 1 saturated heterocycles. The second-order valence-electron chi connectivity index (χ2n) is 12.2. The molecular formula is C33H37FN2O5Si. The van der Waals surface area contributed by atoms with Gasteiger partial charge in [-0.15, -0.1) is 0 Å². The highest BCUT2D eigenvalue weighted by molar-refractivity contribution is 6.72. The summed E-state index contributed by atoms with van der Waals surface area (Å²) >= 11 is 0. The Bertz CT molecular complexity index is 1510. The Kier molecular flexibility index (Phi) is 7.23. The number of para-hydroxylation sites is 1. The standard InChI is InChI=1S/C33H37FN2O5Si/c1-21-31(42(3,4)34)29(18-30(38)35-19-23-11-9-8-10-22(23)16-25(35)20-37)41-33(21)27-17-26(40-2)14-15-28(27)36(32(33)39)24-12-6-5-7-13-24/h5-15,17,21,25,29,31,37H,16,18-20H2,1-4H3/t21-,25-,29+,31-,33+/m0/s1. The molecule has 3 aliphatic rings. The van der Waals surface area contributed by atoms with Gasteiger partial charge in [0.05, 0.1) is 38.0 Å². The molecule has 0 unspecified atom stereocenters. The molecule has 7 nitrogen and oxygen atoms in total. The predicted molar refractivity (Wildman–Crippen MR) is 161 cm³/mol. The maximum Gasteiger partial charge on any atom is 0.268 e. The van der Waals surface area contributed by atoms with Gasteiger partial charge in [-0.25, -0.2) is 0 Å². The van der Waals surface area contributed by atoms with Gasteiger partial charge in [0.25, 0.3) is 5.91 Å². The lowest BCUT2D eigenvalue weighted by Gasteiger charge is -2.37. The van der Waals surface area contributed by atoms with Crippen LogP contribution in [0, 0.1) is 5.92 Å². The third-order valence-electron chi connectivity index (χ3n) is 9.35. The zero-order valence-corrected chi connectivity index (χ0v) is 25.4. The number of ether oxygens (including phenoxy) is 2. The minimum atomic E-state index is -3.46. The number of halogens is 1. The zero-order chi connectivity index (χ0) is 29.8. The largest absolute Gasteiger partial charge is 0.497 e. The van der Waals surface area contributed by atoms with Crippen molar-refractivity contribution in [1.82, 2.24) is 4.90 Å². The molecular weight excluding hydrogens is 551 g/mol. The Morgan fingerprint density at radius 2 is 1.79 bits per heavy atom. The number of hydrogen-bond acceptors (Lipinski definition) is 5. The molecule has 1 spiro atoms. The lowest BCUT2D eigenvalue weighted by atomic mass is 9.82. The fourth-order valence-corrected chi connectivity index (χ4v) is 9.94. The van der Waals surface area contributed by atoms with Crippen molar-refractivity contribution in [3.63, 3.8) is 0 Å². The number of carbonyl (C=O) groups is 2. The molecule has 42 heavy (non-hydrogen) atoms. The number of nitrogens with zero attached hydrogens (tertiary/aromatic N) is 2. The lowest BCUT2D eigenvalue weighted by molar-refractivity contribution is -0.150. The molecule has 0 saturated carbocycles. The summed E-state index contributed by atoms with van der Waals surface area (Å²) in [5, 5.41) is 10.2. The number of rotatable bonds is 6. The number of hydrogen-bond donors (Lipinski definition) is 1. The fraction of sp³-hybridized carbons (Fsp3) is 0.394. The second kappa shape index (κ2) is 10.6. The summed E-state index contributed by atoms with van der Waals surface area (Å²) in [5.74, 6) is -0.470. The molecule has 0 bridgehead atoms. The van der Waals surface area contributed by atoms with Crippen molar-refractivity contribution in [2.45, 2.75) is 62.7 Å². The van der Waals surface area contributed by atoms with Gasteiger partial charge in [-0.05, 0) is 61.0 Å². The molecule has 3 aliphatic heterocycles. The van der Waals surface area contributed by atoms with Crippen LogP contribution in [0.5, 0.6) is 5.75 Å². The maximum atomic E-state index is 16.3. The normalized spacial score (nSPS) is 26.9. The molecule has 0 aliphatic carbocycles. The Morgan fingerprint density at radius 1 is 1.10 bits per heavy atom. The SMILES string of the molecule is COc1ccc2c(c1)[C@@]1(O[C@H](CC(=O)N3Cc4ccccc4C[C@H]3CO)[C@@H]([Si](C)(C)F)[C@@H]1C)C(=O)N2c1ccccc1. The molecule has 3 aromatic carbocycles. The summed E-state index contributed by atoms with van der Waals surface area (Å²) < 4.78 is 28.6. The molecule has 1 fully saturated rings. The third-order valence-corrected chi connectivity index (χ3v) is 11.8. The number of aliphatic hydroxyl groups excluding tert-OH is 1. The maximum absolute atomic E-state index is 16.3. The van der Waals surface area contributed by atoms with Crippen molar-refractivity contribution in [3.05, 3.63) is 89.5 Å². The van der Waals surface area contributed by atoms with E-state index in [1.807, 2.05) is 73.7 Å². The van der Waals surface area contributed by atoms with Crippen LogP contribution in [0.15, 0.2) is 72.8 Å². The number of fused-ring (bicyclic) bond motifs is 3. The van der Waals surface area contributed by atoms with Crippen molar-refractivity contribution < 1.29 is 28.3 Å². The van der Waals surface area contributed by atoms with E-state index in [1.165, 1.54) is 0 Å². The van der Waals surface area contributed by atoms with Gasteiger partial charge < -0.3 is 23.6 Å². The number of carbonyl (C=O) groups excluding carboxylic acids is 2. The van der Waals surface area contributed by atoms with E-state index in [0.29, 0.717) is 35.7 Å². The summed E-state index contributed by atoms with van der Waals surface area (Å²) in [5.41, 5.74) is 2.03. The molecule has 220 valence electrons. The van der Waals surface area contributed by atoms with E-state index >= 15 is 4.11 Å². The zero-order valence-electron chi connectivity index (χ0n) is 24.4. The number of amides is 2. The Hall–Kier alpha value is -3.53. The Labute approximate surface area is 247 Å². The van der Waals surface area contributed by atoms with Crippen LogP contribution in [0.2, 0.25) is 18.6 Å². The highest BCUT2D eigenvalue weighted by Gasteiger charge is 2.67. The van der Waals surface area contributed by atoms with Gasteiger partial charge in [0.15, 0.2) is 5.60 Å². The fourth-order valence-electron chi connectivity index (χ4n) is 7.44. The quantitative estimate of drug-likeness (QED) is 0.305. The van der Waals surface area contributed by atoms with Crippen molar-refractivity contribution in [3.8, 4) is 5.75 Å². The highest BCUT2D eigenvalue weighted by Crippen LogP contribution is 2.61. The summed E-state index contributed by atoms with van der Waals surface area (Å²) in [6, 6.07) is 22.3. The van der Waals surface area contributed by atoms with Gasteiger partial charge in [0, 0.05) is 29.3 Å². The number of benzene rings is 3. The van der Waals surface area contributed by atoms with Crippen LogP contribution in [0.4, 0.5) is 15.5 Å². The summed E-state index contributed by atoms with van der Waals surface area (Å²) in [6.07, 6.45) is -0.336. The van der Waals surface area contributed by atoms with Gasteiger partial charge in [-0.3, -0.25) is 14.5 Å². The predicted octanol–water partition coefficient (Wildman–Crippen LogP) is 5.48. The van der Waals surface area contributed by atoms with E-state index < -0.39 is 31.6 Å². The van der Waals surface area contributed by atoms with E-state index in [2.05, 4.69) is 0 Å². The van der Waals surface area contributed by atoms with E-state index in [4.69, 9.17) is 9.47 Å². The van der Waals surface area contributed by atoms with Crippen LogP contribution in [0.3, 0.4) is 0 Å².